The zero-order valence-electron chi connectivity index (χ0n) is 6.06. The van der Waals surface area contributed by atoms with Gasteiger partial charge in [-0.05, 0) is 25.0 Å². The summed E-state index contributed by atoms with van der Waals surface area (Å²) in [5.74, 6) is 0. The van der Waals surface area contributed by atoms with Crippen molar-refractivity contribution in [3.8, 4) is 0 Å². The van der Waals surface area contributed by atoms with Gasteiger partial charge >= 0.3 is 0 Å². The van der Waals surface area contributed by atoms with Crippen LogP contribution in [0, 0.1) is 0 Å². The predicted octanol–water partition coefficient (Wildman–Crippen LogP) is 2.64. The van der Waals surface area contributed by atoms with E-state index in [-0.39, 0.29) is 6.67 Å². The Kier molecular flexibility index (Phi) is 3.30. The Balaban J connectivity index is 2.56. The number of alkyl halides is 1. The van der Waals surface area contributed by atoms with E-state index in [4.69, 9.17) is 11.6 Å². The summed E-state index contributed by atoms with van der Waals surface area (Å²) in [6, 6.07) is 5.38. The van der Waals surface area contributed by atoms with E-state index in [2.05, 4.69) is 4.98 Å². The number of aryl methyl sites for hydroxylation is 1. The fourth-order valence-corrected chi connectivity index (χ4v) is 1.02. The molecule has 0 aromatic carbocycles. The molecule has 0 aliphatic carbocycles. The lowest BCUT2D eigenvalue weighted by atomic mass is 10.2. The Morgan fingerprint density at radius 2 is 2.27 bits per heavy atom. The third-order valence-electron chi connectivity index (χ3n) is 1.34. The molecule has 11 heavy (non-hydrogen) atoms. The van der Waals surface area contributed by atoms with Crippen LogP contribution in [0.2, 0.25) is 5.15 Å². The minimum atomic E-state index is -0.297. The molecule has 0 amide bonds. The van der Waals surface area contributed by atoms with E-state index < -0.39 is 0 Å². The molecule has 0 fully saturated rings. The molecule has 0 unspecified atom stereocenters. The molecular weight excluding hydrogens is 165 g/mol. The highest BCUT2D eigenvalue weighted by Crippen LogP contribution is 2.06. The van der Waals surface area contributed by atoms with Crippen molar-refractivity contribution in [1.29, 1.82) is 0 Å². The molecule has 0 radical (unpaired) electrons. The number of hydrogen-bond acceptors (Lipinski definition) is 1. The van der Waals surface area contributed by atoms with Crippen LogP contribution in [0.3, 0.4) is 0 Å². The van der Waals surface area contributed by atoms with Crippen molar-refractivity contribution >= 4 is 11.6 Å². The standard InChI is InChI=1S/C8H9ClFN/c9-8-5-1-3-7(11-8)4-2-6-10/h1,3,5H,2,4,6H2. The van der Waals surface area contributed by atoms with E-state index in [0.717, 1.165) is 5.69 Å². The summed E-state index contributed by atoms with van der Waals surface area (Å²) in [6.07, 6.45) is 1.18. The number of halogens is 2. The molecule has 0 saturated carbocycles. The van der Waals surface area contributed by atoms with Crippen LogP contribution in [0.15, 0.2) is 18.2 Å². The fourth-order valence-electron chi connectivity index (χ4n) is 0.837. The van der Waals surface area contributed by atoms with Crippen molar-refractivity contribution in [3.05, 3.63) is 29.0 Å². The molecule has 1 aromatic rings. The van der Waals surface area contributed by atoms with Gasteiger partial charge in [-0.25, -0.2) is 4.98 Å². The molecule has 0 bridgehead atoms. The largest absolute Gasteiger partial charge is 0.251 e. The van der Waals surface area contributed by atoms with Gasteiger partial charge in [-0.1, -0.05) is 17.7 Å². The second-order valence-corrected chi connectivity index (χ2v) is 2.63. The molecule has 1 nitrogen and oxygen atoms in total. The molecule has 0 N–H and O–H groups in total. The lowest BCUT2D eigenvalue weighted by molar-refractivity contribution is 0.471. The summed E-state index contributed by atoms with van der Waals surface area (Å²) in [4.78, 5) is 4.01. The second kappa shape index (κ2) is 4.29. The lowest BCUT2D eigenvalue weighted by Crippen LogP contribution is -1.90. The highest BCUT2D eigenvalue weighted by molar-refractivity contribution is 6.29. The Morgan fingerprint density at radius 3 is 2.91 bits per heavy atom. The van der Waals surface area contributed by atoms with E-state index in [9.17, 15) is 4.39 Å². The predicted molar refractivity (Wildman–Crippen MR) is 43.5 cm³/mol. The zero-order chi connectivity index (χ0) is 8.10. The number of rotatable bonds is 3. The maximum Gasteiger partial charge on any atom is 0.129 e. The maximum atomic E-state index is 11.7. The average Bonchev–Trinajstić information content (AvgIpc) is 2.01. The van der Waals surface area contributed by atoms with Gasteiger partial charge in [0, 0.05) is 5.69 Å². The van der Waals surface area contributed by atoms with Crippen molar-refractivity contribution in [2.24, 2.45) is 0 Å². The maximum absolute atomic E-state index is 11.7. The van der Waals surface area contributed by atoms with Gasteiger partial charge in [0.25, 0.3) is 0 Å². The highest BCUT2D eigenvalue weighted by Gasteiger charge is 1.94. The summed E-state index contributed by atoms with van der Waals surface area (Å²) < 4.78 is 11.7. The Morgan fingerprint density at radius 1 is 1.45 bits per heavy atom. The van der Waals surface area contributed by atoms with Crippen LogP contribution in [-0.2, 0) is 6.42 Å². The van der Waals surface area contributed by atoms with Crippen LogP contribution in [0.4, 0.5) is 4.39 Å². The third kappa shape index (κ3) is 2.85. The minimum Gasteiger partial charge on any atom is -0.251 e. The van der Waals surface area contributed by atoms with Gasteiger partial charge in [-0.2, -0.15) is 0 Å². The van der Waals surface area contributed by atoms with Gasteiger partial charge in [-0.15, -0.1) is 0 Å². The zero-order valence-corrected chi connectivity index (χ0v) is 6.81. The lowest BCUT2D eigenvalue weighted by Gasteiger charge is -1.96. The van der Waals surface area contributed by atoms with Crippen molar-refractivity contribution in [3.63, 3.8) is 0 Å². The van der Waals surface area contributed by atoms with Crippen LogP contribution in [0.5, 0.6) is 0 Å². The fraction of sp³-hybridized carbons (Fsp3) is 0.375. The molecule has 1 rings (SSSR count). The molecule has 3 heteroatoms. The van der Waals surface area contributed by atoms with E-state index in [0.29, 0.717) is 18.0 Å². The van der Waals surface area contributed by atoms with Gasteiger partial charge in [0.05, 0.1) is 6.67 Å². The van der Waals surface area contributed by atoms with E-state index in [1.165, 1.54) is 0 Å². The quantitative estimate of drug-likeness (QED) is 0.641. The molecule has 0 aliphatic rings. The normalized spacial score (nSPS) is 10.0. The SMILES string of the molecule is FCCCc1cccc(Cl)n1. The molecule has 0 atom stereocenters. The summed E-state index contributed by atoms with van der Waals surface area (Å²) >= 11 is 5.62. The van der Waals surface area contributed by atoms with Crippen molar-refractivity contribution < 1.29 is 4.39 Å². The summed E-state index contributed by atoms with van der Waals surface area (Å²) in [5.41, 5.74) is 0.857. The van der Waals surface area contributed by atoms with Crippen LogP contribution in [0.1, 0.15) is 12.1 Å². The highest BCUT2D eigenvalue weighted by atomic mass is 35.5. The van der Waals surface area contributed by atoms with E-state index in [1.807, 2.05) is 12.1 Å². The molecule has 1 heterocycles. The van der Waals surface area contributed by atoms with E-state index >= 15 is 0 Å². The van der Waals surface area contributed by atoms with Crippen LogP contribution >= 0.6 is 11.6 Å². The number of hydrogen-bond donors (Lipinski definition) is 0. The first kappa shape index (κ1) is 8.47. The summed E-state index contributed by atoms with van der Waals surface area (Å²) in [5, 5.41) is 0.473. The monoisotopic (exact) mass is 173 g/mol. The topological polar surface area (TPSA) is 12.9 Å². The number of aromatic nitrogens is 1. The molecule has 0 spiro atoms. The average molecular weight is 174 g/mol. The number of nitrogens with zero attached hydrogens (tertiary/aromatic N) is 1. The Bertz CT molecular complexity index is 227. The Hall–Kier alpha value is -0.630. The van der Waals surface area contributed by atoms with Gasteiger partial charge < -0.3 is 0 Å². The smallest absolute Gasteiger partial charge is 0.129 e. The number of pyridine rings is 1. The van der Waals surface area contributed by atoms with Gasteiger partial charge in [0.15, 0.2) is 0 Å². The van der Waals surface area contributed by atoms with Crippen molar-refractivity contribution in [2.45, 2.75) is 12.8 Å². The molecule has 0 aliphatic heterocycles. The molecule has 0 saturated heterocycles. The molecule has 60 valence electrons. The van der Waals surface area contributed by atoms with Crippen LogP contribution < -0.4 is 0 Å². The first-order valence-corrected chi connectivity index (χ1v) is 3.88. The van der Waals surface area contributed by atoms with Gasteiger partial charge in [0.1, 0.15) is 5.15 Å². The molecular formula is C8H9ClFN. The summed E-state index contributed by atoms with van der Waals surface area (Å²) in [7, 11) is 0. The first-order chi connectivity index (χ1) is 5.33. The van der Waals surface area contributed by atoms with Gasteiger partial charge in [-0.3, -0.25) is 4.39 Å². The van der Waals surface area contributed by atoms with E-state index in [1.54, 1.807) is 6.07 Å². The van der Waals surface area contributed by atoms with Crippen LogP contribution in [0.25, 0.3) is 0 Å². The summed E-state index contributed by atoms with van der Waals surface area (Å²) in [6.45, 7) is -0.297. The minimum absolute atomic E-state index is 0.297. The second-order valence-electron chi connectivity index (χ2n) is 2.24. The van der Waals surface area contributed by atoms with Gasteiger partial charge in [0.2, 0.25) is 0 Å². The molecule has 1 aromatic heterocycles. The third-order valence-corrected chi connectivity index (χ3v) is 1.55. The van der Waals surface area contributed by atoms with Crippen LogP contribution in [-0.4, -0.2) is 11.7 Å². The van der Waals surface area contributed by atoms with Crippen molar-refractivity contribution in [2.75, 3.05) is 6.67 Å². The van der Waals surface area contributed by atoms with Crippen molar-refractivity contribution in [1.82, 2.24) is 4.98 Å². The first-order valence-electron chi connectivity index (χ1n) is 3.50. The Labute approximate surface area is 70.2 Å².